The van der Waals surface area contributed by atoms with Crippen LogP contribution in [-0.2, 0) is 34.7 Å². The number of halogens is 1. The Morgan fingerprint density at radius 2 is 1.49 bits per heavy atom. The number of quaternary nitrogens is 1. The molecule has 0 aromatic heterocycles. The summed E-state index contributed by atoms with van der Waals surface area (Å²) in [6, 6.07) is 12.8. The van der Waals surface area contributed by atoms with Gasteiger partial charge in [-0.1, -0.05) is 64.2 Å². The predicted molar refractivity (Wildman–Crippen MR) is 191 cm³/mol. The minimum Gasteiger partial charge on any atom is -0.493 e. The number of cyclic esters (lactones) is 1. The fourth-order valence-electron chi connectivity index (χ4n) is 5.54. The molecule has 0 radical (unpaired) electrons. The third-order valence-electron chi connectivity index (χ3n) is 9.46. The number of carbonyl (C=O) groups is 5. The van der Waals surface area contributed by atoms with E-state index in [1.54, 1.807) is 18.2 Å². The van der Waals surface area contributed by atoms with Gasteiger partial charge < -0.3 is 20.1 Å². The zero-order valence-corrected chi connectivity index (χ0v) is 31.6. The van der Waals surface area contributed by atoms with Crippen LogP contribution in [0.3, 0.4) is 0 Å². The first-order valence-corrected chi connectivity index (χ1v) is 17.3. The quantitative estimate of drug-likeness (QED) is 0.0934. The van der Waals surface area contributed by atoms with Crippen molar-refractivity contribution in [1.82, 2.24) is 0 Å². The van der Waals surface area contributed by atoms with Gasteiger partial charge in [0.1, 0.15) is 5.75 Å². The molecule has 1 aliphatic heterocycles. The van der Waals surface area contributed by atoms with E-state index in [2.05, 4.69) is 64.3 Å². The highest BCUT2D eigenvalue weighted by Gasteiger charge is 2.73. The topological polar surface area (TPSA) is 128 Å². The summed E-state index contributed by atoms with van der Waals surface area (Å²) < 4.78 is 9.83. The Kier molecular flexibility index (Phi) is 11.8. The minimum absolute atomic E-state index is 0.0495. The highest BCUT2D eigenvalue weighted by atomic mass is 35.5. The van der Waals surface area contributed by atoms with Crippen LogP contribution in [0.5, 0.6) is 5.75 Å². The molecule has 1 heterocycles. The normalized spacial score (nSPS) is 18.4. The van der Waals surface area contributed by atoms with E-state index in [0.29, 0.717) is 18.7 Å². The molecule has 3 rings (SSSR count). The lowest BCUT2D eigenvalue weighted by molar-refractivity contribution is -0.701. The maximum absolute atomic E-state index is 13.5. The van der Waals surface area contributed by atoms with Gasteiger partial charge in [-0.3, -0.25) is 9.59 Å². The molecule has 2 aromatic carbocycles. The van der Waals surface area contributed by atoms with Gasteiger partial charge in [0.15, 0.2) is 0 Å². The van der Waals surface area contributed by atoms with Gasteiger partial charge in [0.25, 0.3) is 5.50 Å². The average molecular weight is 699 g/mol. The molecule has 2 aromatic rings. The third-order valence-corrected chi connectivity index (χ3v) is 9.95. The lowest BCUT2D eigenvalue weighted by atomic mass is 9.76. The summed E-state index contributed by atoms with van der Waals surface area (Å²) in [5, 5.41) is 5.39. The zero-order valence-electron chi connectivity index (χ0n) is 30.8. The monoisotopic (exact) mass is 698 g/mol. The fourth-order valence-corrected chi connectivity index (χ4v) is 5.85. The number of rotatable bonds is 13. The fraction of sp³-hybridized carbons (Fsp3) is 0.553. The van der Waals surface area contributed by atoms with Gasteiger partial charge in [-0.25, -0.2) is 9.59 Å². The van der Waals surface area contributed by atoms with Gasteiger partial charge in [0.2, 0.25) is 11.5 Å². The molecule has 268 valence electrons. The SMILES string of the molecule is CCC(C)(C)c1ccc(OCCCC(=O)Nc2cccc(NC(=O)C(Cl)[N+]3(C(=O)C(C)(C)C)C(=O)OC(C)(C)C3=O)c2)c(C(C)(C)CC)c1. The molecular weight excluding hydrogens is 646 g/mol. The number of imide groups is 3. The van der Waals surface area contributed by atoms with Crippen molar-refractivity contribution in [2.75, 3.05) is 17.2 Å². The highest BCUT2D eigenvalue weighted by Crippen LogP contribution is 2.41. The van der Waals surface area contributed by atoms with Crippen molar-refractivity contribution in [3.63, 3.8) is 0 Å². The summed E-state index contributed by atoms with van der Waals surface area (Å²) in [6.45, 7) is 20.9. The maximum atomic E-state index is 13.5. The van der Waals surface area contributed by atoms with Gasteiger partial charge in [0.05, 0.1) is 12.0 Å². The summed E-state index contributed by atoms with van der Waals surface area (Å²) in [5.41, 5.74) is -1.77. The smallest absolute Gasteiger partial charge is 0.493 e. The number of nitrogens with zero attached hydrogens (tertiary/aromatic N) is 1. The molecular formula is C38H53ClN3O7+. The van der Waals surface area contributed by atoms with Crippen LogP contribution in [0, 0.1) is 5.41 Å². The molecule has 0 spiro atoms. The van der Waals surface area contributed by atoms with E-state index in [9.17, 15) is 24.0 Å². The van der Waals surface area contributed by atoms with Crippen molar-refractivity contribution < 1.29 is 37.9 Å². The molecule has 1 saturated heterocycles. The first kappa shape index (κ1) is 39.7. The summed E-state index contributed by atoms with van der Waals surface area (Å²) in [4.78, 5) is 66.3. The Bertz CT molecular complexity index is 1610. The number of hydrogen-bond donors (Lipinski definition) is 2. The predicted octanol–water partition coefficient (Wildman–Crippen LogP) is 8.21. The van der Waals surface area contributed by atoms with Crippen LogP contribution in [0.1, 0.15) is 113 Å². The Morgan fingerprint density at radius 3 is 2.02 bits per heavy atom. The standard InChI is InChI=1S/C38H52ClN3O7/c1-12-36(6,7)24-19-20-28(27(22-24)37(8,9)13-2)48-21-15-18-29(43)40-25-16-14-17-26(23-25)41-31(44)30(39)42(32(45)35(3,4)5)33(46)38(10,11)49-34(42)47/h14,16-17,19-20,22-23,30H,12-13,15,18,21H2,1-11H3,(H-,40,41,43,44)/p+1. The van der Waals surface area contributed by atoms with E-state index >= 15 is 0 Å². The molecule has 0 bridgehead atoms. The number of amides is 5. The van der Waals surface area contributed by atoms with Crippen molar-refractivity contribution in [3.05, 3.63) is 53.6 Å². The van der Waals surface area contributed by atoms with Crippen LogP contribution in [0.2, 0.25) is 0 Å². The van der Waals surface area contributed by atoms with Gasteiger partial charge in [-0.05, 0) is 106 Å². The maximum Gasteiger partial charge on any atom is 0.534 e. The van der Waals surface area contributed by atoms with E-state index in [4.69, 9.17) is 21.1 Å². The summed E-state index contributed by atoms with van der Waals surface area (Å²) >= 11 is 6.51. The first-order valence-electron chi connectivity index (χ1n) is 16.9. The number of nitrogens with one attached hydrogen (secondary N) is 2. The summed E-state index contributed by atoms with van der Waals surface area (Å²) in [5.74, 6) is -2.18. The van der Waals surface area contributed by atoms with Crippen LogP contribution in [0.4, 0.5) is 16.2 Å². The molecule has 49 heavy (non-hydrogen) atoms. The number of carbonyl (C=O) groups excluding carboxylic acids is 5. The number of benzene rings is 2. The largest absolute Gasteiger partial charge is 0.534 e. The van der Waals surface area contributed by atoms with Gasteiger partial charge in [-0.2, -0.15) is 4.79 Å². The van der Waals surface area contributed by atoms with E-state index in [1.807, 2.05) is 6.07 Å². The second-order valence-corrected chi connectivity index (χ2v) is 16.0. The Morgan fingerprint density at radius 1 is 0.898 bits per heavy atom. The molecule has 2 N–H and O–H groups in total. The van der Waals surface area contributed by atoms with Gasteiger partial charge in [0, 0.05) is 23.4 Å². The molecule has 2 unspecified atom stereocenters. The van der Waals surface area contributed by atoms with E-state index in [0.717, 1.165) is 24.2 Å². The van der Waals surface area contributed by atoms with Crippen LogP contribution in [0.25, 0.3) is 0 Å². The number of alkyl halides is 1. The van der Waals surface area contributed by atoms with Crippen molar-refractivity contribution in [3.8, 4) is 5.75 Å². The lowest BCUT2D eigenvalue weighted by Gasteiger charge is -2.32. The Balaban J connectivity index is 1.67. The third kappa shape index (κ3) is 8.35. The van der Waals surface area contributed by atoms with E-state index < -0.39 is 44.8 Å². The molecule has 0 aliphatic carbocycles. The Hall–Kier alpha value is -3.76. The second kappa shape index (κ2) is 14.6. The number of ether oxygens (including phenoxy) is 2. The highest BCUT2D eigenvalue weighted by molar-refractivity contribution is 6.33. The molecule has 11 heteroatoms. The molecule has 10 nitrogen and oxygen atoms in total. The van der Waals surface area contributed by atoms with Crippen molar-refractivity contribution in [2.45, 2.75) is 124 Å². The number of hydrogen-bond acceptors (Lipinski definition) is 7. The van der Waals surface area contributed by atoms with E-state index in [1.165, 1.54) is 46.2 Å². The van der Waals surface area contributed by atoms with Crippen molar-refractivity contribution in [1.29, 1.82) is 0 Å². The first-order chi connectivity index (χ1) is 22.5. The van der Waals surface area contributed by atoms with Crippen molar-refractivity contribution in [2.24, 2.45) is 5.41 Å². The Labute approximate surface area is 295 Å². The minimum atomic E-state index is -1.94. The van der Waals surface area contributed by atoms with Gasteiger partial charge in [-0.15, -0.1) is 0 Å². The zero-order chi connectivity index (χ0) is 37.2. The molecule has 5 amide bonds. The van der Waals surface area contributed by atoms with Crippen LogP contribution in [0.15, 0.2) is 42.5 Å². The van der Waals surface area contributed by atoms with E-state index in [-0.39, 0.29) is 28.8 Å². The summed E-state index contributed by atoms with van der Waals surface area (Å²) in [7, 11) is 0. The van der Waals surface area contributed by atoms with Crippen LogP contribution in [-0.4, -0.2) is 51.9 Å². The van der Waals surface area contributed by atoms with Gasteiger partial charge >= 0.3 is 23.8 Å². The second-order valence-electron chi connectivity index (χ2n) is 15.6. The summed E-state index contributed by atoms with van der Waals surface area (Å²) in [6.07, 6.45) is 1.43. The van der Waals surface area contributed by atoms with Crippen LogP contribution < -0.4 is 15.4 Å². The average Bonchev–Trinajstić information content (AvgIpc) is 3.20. The van der Waals surface area contributed by atoms with Crippen molar-refractivity contribution >= 4 is 52.7 Å². The number of anilines is 2. The molecule has 1 aliphatic rings. The lowest BCUT2D eigenvalue weighted by Crippen LogP contribution is -2.68. The molecule has 1 fully saturated rings. The molecule has 2 atom stereocenters. The van der Waals surface area contributed by atoms with Crippen LogP contribution >= 0.6 is 11.6 Å². The molecule has 0 saturated carbocycles.